The number of amides is 1. The van der Waals surface area contributed by atoms with Crippen molar-refractivity contribution in [3.63, 3.8) is 0 Å². The summed E-state index contributed by atoms with van der Waals surface area (Å²) in [5, 5.41) is 3.13. The fourth-order valence-electron chi connectivity index (χ4n) is 2.96. The molecule has 2 rings (SSSR count). The summed E-state index contributed by atoms with van der Waals surface area (Å²) in [6, 6.07) is 10.0. The average molecular weight is 289 g/mol. The molecule has 0 spiro atoms. The molecule has 21 heavy (non-hydrogen) atoms. The zero-order valence-corrected chi connectivity index (χ0v) is 13.1. The van der Waals surface area contributed by atoms with Crippen LogP contribution in [0.15, 0.2) is 30.3 Å². The minimum atomic E-state index is -0.419. The molecule has 4 heteroatoms. The van der Waals surface area contributed by atoms with Gasteiger partial charge in [0.25, 0.3) is 0 Å². The van der Waals surface area contributed by atoms with Crippen LogP contribution in [0.5, 0.6) is 0 Å². The summed E-state index contributed by atoms with van der Waals surface area (Å²) in [6.07, 6.45) is 2.55. The van der Waals surface area contributed by atoms with Gasteiger partial charge in [0.05, 0.1) is 6.04 Å². The van der Waals surface area contributed by atoms with Gasteiger partial charge in [-0.15, -0.1) is 0 Å². The lowest BCUT2D eigenvalue weighted by Crippen LogP contribution is -2.52. The van der Waals surface area contributed by atoms with E-state index in [2.05, 4.69) is 36.3 Å². The fraction of sp³-hybridized carbons (Fsp3) is 0.588. The van der Waals surface area contributed by atoms with E-state index in [4.69, 9.17) is 5.73 Å². The Hall–Kier alpha value is -1.39. The third-order valence-corrected chi connectivity index (χ3v) is 4.36. The summed E-state index contributed by atoms with van der Waals surface area (Å²) in [6.45, 7) is 4.26. The van der Waals surface area contributed by atoms with Gasteiger partial charge in [-0.05, 0) is 44.3 Å². The quantitative estimate of drug-likeness (QED) is 0.861. The lowest BCUT2D eigenvalue weighted by atomic mass is 9.93. The highest BCUT2D eigenvalue weighted by molar-refractivity contribution is 5.81. The van der Waals surface area contributed by atoms with Crippen molar-refractivity contribution in [3.05, 3.63) is 35.9 Å². The number of rotatable bonds is 5. The molecule has 3 unspecified atom stereocenters. The van der Waals surface area contributed by atoms with Crippen LogP contribution in [-0.4, -0.2) is 43.0 Å². The molecule has 1 aromatic rings. The van der Waals surface area contributed by atoms with E-state index in [1.165, 1.54) is 5.56 Å². The van der Waals surface area contributed by atoms with Gasteiger partial charge in [0, 0.05) is 12.6 Å². The van der Waals surface area contributed by atoms with Gasteiger partial charge >= 0.3 is 0 Å². The lowest BCUT2D eigenvalue weighted by molar-refractivity contribution is -0.123. The summed E-state index contributed by atoms with van der Waals surface area (Å²) in [4.78, 5) is 14.5. The van der Waals surface area contributed by atoms with Crippen molar-refractivity contribution in [2.24, 2.45) is 11.7 Å². The van der Waals surface area contributed by atoms with Crippen LogP contribution < -0.4 is 11.1 Å². The van der Waals surface area contributed by atoms with E-state index in [9.17, 15) is 4.79 Å². The second-order valence-corrected chi connectivity index (χ2v) is 6.27. The van der Waals surface area contributed by atoms with Crippen molar-refractivity contribution < 1.29 is 4.79 Å². The number of nitrogens with zero attached hydrogens (tertiary/aromatic N) is 1. The van der Waals surface area contributed by atoms with Crippen LogP contribution in [0.2, 0.25) is 0 Å². The number of carbonyl (C=O) groups is 1. The summed E-state index contributed by atoms with van der Waals surface area (Å²) >= 11 is 0. The van der Waals surface area contributed by atoms with Crippen molar-refractivity contribution in [1.82, 2.24) is 10.2 Å². The Kier molecular flexibility index (Phi) is 5.76. The molecule has 0 saturated carbocycles. The summed E-state index contributed by atoms with van der Waals surface area (Å²) in [5.41, 5.74) is 7.26. The molecule has 0 aromatic heterocycles. The molecule has 1 fully saturated rings. The molecule has 1 heterocycles. The van der Waals surface area contributed by atoms with Crippen LogP contribution in [0.3, 0.4) is 0 Å². The first-order chi connectivity index (χ1) is 10.1. The Balaban J connectivity index is 1.77. The highest BCUT2D eigenvalue weighted by Gasteiger charge is 2.26. The smallest absolute Gasteiger partial charge is 0.237 e. The average Bonchev–Trinajstić information content (AvgIpc) is 2.48. The van der Waals surface area contributed by atoms with Gasteiger partial charge < -0.3 is 16.0 Å². The predicted molar refractivity (Wildman–Crippen MR) is 85.9 cm³/mol. The number of benzene rings is 1. The Morgan fingerprint density at radius 3 is 2.81 bits per heavy atom. The zero-order valence-electron chi connectivity index (χ0n) is 13.1. The third-order valence-electron chi connectivity index (χ3n) is 4.36. The van der Waals surface area contributed by atoms with Crippen LogP contribution in [0.4, 0.5) is 0 Å². The molecule has 0 bridgehead atoms. The van der Waals surface area contributed by atoms with Crippen LogP contribution in [0.1, 0.15) is 25.3 Å². The van der Waals surface area contributed by atoms with E-state index in [0.717, 1.165) is 25.9 Å². The largest absolute Gasteiger partial charge is 0.352 e. The Bertz CT molecular complexity index is 449. The van der Waals surface area contributed by atoms with E-state index in [0.29, 0.717) is 12.3 Å². The molecule has 1 aromatic carbocycles. The van der Waals surface area contributed by atoms with Gasteiger partial charge in [0.2, 0.25) is 5.91 Å². The predicted octanol–water partition coefficient (Wildman–Crippen LogP) is 1.40. The minimum absolute atomic E-state index is 0.00710. The number of nitrogens with two attached hydrogens (primary N) is 1. The molecule has 1 amide bonds. The minimum Gasteiger partial charge on any atom is -0.352 e. The molecule has 4 nitrogen and oxygen atoms in total. The van der Waals surface area contributed by atoms with E-state index >= 15 is 0 Å². The van der Waals surface area contributed by atoms with E-state index in [-0.39, 0.29) is 11.9 Å². The van der Waals surface area contributed by atoms with Crippen molar-refractivity contribution in [2.75, 3.05) is 20.1 Å². The first-order valence-electron chi connectivity index (χ1n) is 7.84. The second-order valence-electron chi connectivity index (χ2n) is 6.27. The molecule has 1 aliphatic rings. The van der Waals surface area contributed by atoms with E-state index < -0.39 is 6.04 Å². The highest BCUT2D eigenvalue weighted by Crippen LogP contribution is 2.15. The van der Waals surface area contributed by atoms with E-state index in [1.807, 2.05) is 18.2 Å². The maximum atomic E-state index is 12.2. The maximum Gasteiger partial charge on any atom is 0.237 e. The molecular weight excluding hydrogens is 262 g/mol. The van der Waals surface area contributed by atoms with Crippen molar-refractivity contribution in [1.29, 1.82) is 0 Å². The molecule has 0 radical (unpaired) electrons. The van der Waals surface area contributed by atoms with Gasteiger partial charge in [0.15, 0.2) is 0 Å². The number of nitrogens with one attached hydrogen (secondary N) is 1. The standard InChI is InChI=1S/C17H27N3O/c1-13-12-20(2)11-10-16(13)19-17(21)15(18)9-8-14-6-4-3-5-7-14/h3-7,13,15-16H,8-12,18H2,1-2H3,(H,19,21). The monoisotopic (exact) mass is 289 g/mol. The molecule has 116 valence electrons. The number of aryl methyl sites for hydroxylation is 1. The molecule has 1 saturated heterocycles. The van der Waals surface area contributed by atoms with Crippen molar-refractivity contribution >= 4 is 5.91 Å². The summed E-state index contributed by atoms with van der Waals surface area (Å²) in [5.74, 6) is 0.473. The Morgan fingerprint density at radius 1 is 1.43 bits per heavy atom. The van der Waals surface area contributed by atoms with Gasteiger partial charge in [0.1, 0.15) is 0 Å². The number of piperidine rings is 1. The first-order valence-corrected chi connectivity index (χ1v) is 7.84. The van der Waals surface area contributed by atoms with Crippen LogP contribution in [-0.2, 0) is 11.2 Å². The zero-order chi connectivity index (χ0) is 15.2. The normalized spacial score (nSPS) is 24.5. The number of hydrogen-bond donors (Lipinski definition) is 2. The molecule has 3 N–H and O–H groups in total. The molecule has 1 aliphatic heterocycles. The lowest BCUT2D eigenvalue weighted by Gasteiger charge is -2.35. The maximum absolute atomic E-state index is 12.2. The third kappa shape index (κ3) is 4.83. The molecule has 0 aliphatic carbocycles. The summed E-state index contributed by atoms with van der Waals surface area (Å²) in [7, 11) is 2.13. The van der Waals surface area contributed by atoms with Crippen molar-refractivity contribution in [2.45, 2.75) is 38.3 Å². The van der Waals surface area contributed by atoms with Crippen LogP contribution >= 0.6 is 0 Å². The number of likely N-dealkylation sites (tertiary alicyclic amines) is 1. The number of hydrogen-bond acceptors (Lipinski definition) is 3. The van der Waals surface area contributed by atoms with Gasteiger partial charge in [-0.1, -0.05) is 37.3 Å². The topological polar surface area (TPSA) is 58.4 Å². The SMILES string of the molecule is CC1CN(C)CCC1NC(=O)C(N)CCc1ccccc1. The van der Waals surface area contributed by atoms with Crippen molar-refractivity contribution in [3.8, 4) is 0 Å². The van der Waals surface area contributed by atoms with Gasteiger partial charge in [-0.2, -0.15) is 0 Å². The Morgan fingerprint density at radius 2 is 2.14 bits per heavy atom. The second kappa shape index (κ2) is 7.57. The Labute approximate surface area is 127 Å². The highest BCUT2D eigenvalue weighted by atomic mass is 16.2. The van der Waals surface area contributed by atoms with E-state index in [1.54, 1.807) is 0 Å². The van der Waals surface area contributed by atoms with Crippen LogP contribution in [0.25, 0.3) is 0 Å². The van der Waals surface area contributed by atoms with Crippen LogP contribution in [0, 0.1) is 5.92 Å². The number of carbonyl (C=O) groups excluding carboxylic acids is 1. The van der Waals surface area contributed by atoms with Gasteiger partial charge in [-0.25, -0.2) is 0 Å². The van der Waals surface area contributed by atoms with Gasteiger partial charge in [-0.3, -0.25) is 4.79 Å². The first kappa shape index (κ1) is 16.0. The fourth-order valence-corrected chi connectivity index (χ4v) is 2.96. The molecular formula is C17H27N3O. The summed E-state index contributed by atoms with van der Waals surface area (Å²) < 4.78 is 0. The molecule has 3 atom stereocenters.